The van der Waals surface area contributed by atoms with Gasteiger partial charge in [0.2, 0.25) is 0 Å². The van der Waals surface area contributed by atoms with Crippen molar-refractivity contribution in [2.75, 3.05) is 14.1 Å². The molecule has 0 N–H and O–H groups in total. The Morgan fingerprint density at radius 1 is 1.10 bits per heavy atom. The van der Waals surface area contributed by atoms with Crippen molar-refractivity contribution < 1.29 is 4.79 Å². The first-order valence-electron chi connectivity index (χ1n) is 6.66. The second-order valence-corrected chi connectivity index (χ2v) is 4.94. The van der Waals surface area contributed by atoms with E-state index in [0.29, 0.717) is 17.1 Å². The molecule has 1 aromatic carbocycles. The summed E-state index contributed by atoms with van der Waals surface area (Å²) in [6.07, 6.45) is 2.89. The summed E-state index contributed by atoms with van der Waals surface area (Å²) in [5.74, 6) is 0.566. The maximum atomic E-state index is 12.3. The highest BCUT2D eigenvalue weighted by atomic mass is 16.2. The molecule has 0 aromatic heterocycles. The maximum absolute atomic E-state index is 12.3. The van der Waals surface area contributed by atoms with Crippen LogP contribution in [0.2, 0.25) is 0 Å². The van der Waals surface area contributed by atoms with Gasteiger partial charge in [-0.1, -0.05) is 44.3 Å². The van der Waals surface area contributed by atoms with E-state index in [-0.39, 0.29) is 5.91 Å². The van der Waals surface area contributed by atoms with Crippen molar-refractivity contribution >= 4 is 12.0 Å². The molecule has 0 spiro atoms. The lowest BCUT2D eigenvalue weighted by Gasteiger charge is -2.36. The van der Waals surface area contributed by atoms with E-state index in [1.807, 2.05) is 30.2 Å². The van der Waals surface area contributed by atoms with Crippen LogP contribution in [0.25, 0.3) is 6.08 Å². The molecule has 1 aliphatic heterocycles. The maximum Gasteiger partial charge on any atom is 0.261 e. The smallest absolute Gasteiger partial charge is 0.261 e. The average Bonchev–Trinajstić information content (AvgIpc) is 2.48. The molecular weight excluding hydrogens is 248 g/mol. The first-order valence-corrected chi connectivity index (χ1v) is 6.66. The molecule has 3 heteroatoms. The Morgan fingerprint density at radius 3 is 2.25 bits per heavy atom. The average molecular weight is 268 g/mol. The molecule has 1 heterocycles. The van der Waals surface area contributed by atoms with Gasteiger partial charge in [-0.3, -0.25) is 9.69 Å². The Hall–Kier alpha value is -2.29. The summed E-state index contributed by atoms with van der Waals surface area (Å²) in [5.41, 5.74) is 3.56. The Labute approximate surface area is 120 Å². The van der Waals surface area contributed by atoms with Crippen molar-refractivity contribution in [1.29, 1.82) is 0 Å². The fourth-order valence-corrected chi connectivity index (χ4v) is 2.14. The minimum Gasteiger partial charge on any atom is -0.331 e. The molecule has 2 rings (SSSR count). The minimum atomic E-state index is -0.0716. The third kappa shape index (κ3) is 2.39. The lowest BCUT2D eigenvalue weighted by atomic mass is 10.0. The third-order valence-electron chi connectivity index (χ3n) is 3.72. The Bertz CT molecular complexity index is 570. The van der Waals surface area contributed by atoms with Crippen LogP contribution in [-0.2, 0) is 11.2 Å². The molecule has 104 valence electrons. The summed E-state index contributed by atoms with van der Waals surface area (Å²) in [7, 11) is 3.59. The Kier molecular flexibility index (Phi) is 3.79. The molecule has 1 aliphatic rings. The van der Waals surface area contributed by atoms with Gasteiger partial charge >= 0.3 is 0 Å². The molecule has 1 aromatic rings. The van der Waals surface area contributed by atoms with Gasteiger partial charge in [0.1, 0.15) is 5.82 Å². The van der Waals surface area contributed by atoms with Crippen LogP contribution in [0.1, 0.15) is 18.1 Å². The number of hydrogen-bond donors (Lipinski definition) is 0. The fourth-order valence-electron chi connectivity index (χ4n) is 2.14. The van der Waals surface area contributed by atoms with Gasteiger partial charge in [0.15, 0.2) is 0 Å². The van der Waals surface area contributed by atoms with E-state index in [4.69, 9.17) is 0 Å². The third-order valence-corrected chi connectivity index (χ3v) is 3.72. The van der Waals surface area contributed by atoms with Gasteiger partial charge in [0.05, 0.1) is 5.57 Å². The van der Waals surface area contributed by atoms with Gasteiger partial charge in [-0.25, -0.2) is 0 Å². The van der Waals surface area contributed by atoms with Crippen LogP contribution in [0.3, 0.4) is 0 Å². The van der Waals surface area contributed by atoms with E-state index >= 15 is 0 Å². The number of aryl methyl sites for hydroxylation is 1. The summed E-state index contributed by atoms with van der Waals surface area (Å²) in [4.78, 5) is 15.7. The second kappa shape index (κ2) is 5.37. The lowest BCUT2D eigenvalue weighted by Crippen LogP contribution is -2.41. The summed E-state index contributed by atoms with van der Waals surface area (Å²) in [6.45, 7) is 10.00. The molecule has 0 unspecified atom stereocenters. The number of rotatable bonds is 2. The van der Waals surface area contributed by atoms with Crippen molar-refractivity contribution in [2.24, 2.45) is 0 Å². The first-order chi connectivity index (χ1) is 9.45. The van der Waals surface area contributed by atoms with Crippen LogP contribution in [0.4, 0.5) is 0 Å². The van der Waals surface area contributed by atoms with E-state index in [9.17, 15) is 4.79 Å². The van der Waals surface area contributed by atoms with Gasteiger partial charge in [-0.05, 0) is 23.6 Å². The number of benzene rings is 1. The highest BCUT2D eigenvalue weighted by Gasteiger charge is 2.29. The van der Waals surface area contributed by atoms with Crippen LogP contribution in [0.5, 0.6) is 0 Å². The number of hydrogen-bond acceptors (Lipinski definition) is 2. The normalized spacial score (nSPS) is 18.1. The topological polar surface area (TPSA) is 23.6 Å². The van der Waals surface area contributed by atoms with Gasteiger partial charge < -0.3 is 4.90 Å². The van der Waals surface area contributed by atoms with Gasteiger partial charge in [0.25, 0.3) is 5.91 Å². The zero-order chi connectivity index (χ0) is 14.9. The minimum absolute atomic E-state index is 0.0716. The molecule has 1 fully saturated rings. The van der Waals surface area contributed by atoms with Gasteiger partial charge in [0, 0.05) is 19.8 Å². The SMILES string of the molecule is C=C1/C(=C/c2ccc(CC)cc2)C(=O)N(C)C(=C)N1C. The first kappa shape index (κ1) is 14.1. The van der Waals surface area contributed by atoms with Crippen LogP contribution in [0.15, 0.2) is 54.5 Å². The van der Waals surface area contributed by atoms with Crippen molar-refractivity contribution in [3.8, 4) is 0 Å². The highest BCUT2D eigenvalue weighted by Crippen LogP contribution is 2.28. The summed E-state index contributed by atoms with van der Waals surface area (Å²) in [6, 6.07) is 8.20. The monoisotopic (exact) mass is 268 g/mol. The highest BCUT2D eigenvalue weighted by molar-refractivity contribution is 6.03. The lowest BCUT2D eigenvalue weighted by molar-refractivity contribution is -0.125. The number of amides is 1. The molecular formula is C17H20N2O. The van der Waals surface area contributed by atoms with E-state index in [0.717, 1.165) is 12.0 Å². The van der Waals surface area contributed by atoms with Gasteiger partial charge in [-0.15, -0.1) is 0 Å². The molecule has 1 saturated heterocycles. The largest absolute Gasteiger partial charge is 0.331 e. The molecule has 3 nitrogen and oxygen atoms in total. The quantitative estimate of drug-likeness (QED) is 0.770. The molecule has 1 amide bonds. The number of nitrogens with zero attached hydrogens (tertiary/aromatic N) is 2. The van der Waals surface area contributed by atoms with E-state index in [1.165, 1.54) is 5.56 Å². The van der Waals surface area contributed by atoms with Crippen LogP contribution in [-0.4, -0.2) is 29.8 Å². The predicted octanol–water partition coefficient (Wildman–Crippen LogP) is 3.02. The van der Waals surface area contributed by atoms with Crippen molar-refractivity contribution in [2.45, 2.75) is 13.3 Å². The predicted molar refractivity (Wildman–Crippen MR) is 82.6 cm³/mol. The molecule has 0 atom stereocenters. The molecule has 0 bridgehead atoms. The van der Waals surface area contributed by atoms with Crippen LogP contribution >= 0.6 is 0 Å². The number of carbonyl (C=O) groups is 1. The number of likely N-dealkylation sites (N-methyl/N-ethyl adjacent to an activating group) is 2. The van der Waals surface area contributed by atoms with Crippen LogP contribution < -0.4 is 0 Å². The molecule has 0 aliphatic carbocycles. The Morgan fingerprint density at radius 2 is 1.70 bits per heavy atom. The standard InChI is InChI=1S/C17H20N2O/c1-6-14-7-9-15(10-8-14)11-16-12(2)18(4)13(3)19(5)17(16)20/h7-11H,2-3,6H2,1,4-5H3/b16-11-. The van der Waals surface area contributed by atoms with Gasteiger partial charge in [-0.2, -0.15) is 0 Å². The Balaban J connectivity index is 2.38. The fraction of sp³-hybridized carbons (Fsp3) is 0.235. The summed E-state index contributed by atoms with van der Waals surface area (Å²) < 4.78 is 0. The van der Waals surface area contributed by atoms with E-state index in [2.05, 4.69) is 32.2 Å². The van der Waals surface area contributed by atoms with Crippen molar-refractivity contribution in [1.82, 2.24) is 9.80 Å². The molecule has 20 heavy (non-hydrogen) atoms. The zero-order valence-corrected chi connectivity index (χ0v) is 12.3. The van der Waals surface area contributed by atoms with Crippen LogP contribution in [0, 0.1) is 0 Å². The van der Waals surface area contributed by atoms with Crippen molar-refractivity contribution in [3.63, 3.8) is 0 Å². The summed E-state index contributed by atoms with van der Waals surface area (Å²) >= 11 is 0. The molecule has 0 saturated carbocycles. The van der Waals surface area contributed by atoms with E-state index < -0.39 is 0 Å². The number of carbonyl (C=O) groups excluding carboxylic acids is 1. The van der Waals surface area contributed by atoms with Crippen molar-refractivity contribution in [3.05, 3.63) is 65.6 Å². The zero-order valence-electron chi connectivity index (χ0n) is 12.3. The molecule has 0 radical (unpaired) electrons. The summed E-state index contributed by atoms with van der Waals surface area (Å²) in [5, 5.41) is 0. The van der Waals surface area contributed by atoms with E-state index in [1.54, 1.807) is 11.9 Å². The second-order valence-electron chi connectivity index (χ2n) is 4.94.